The maximum absolute atomic E-state index is 12.2. The molecular formula is C19H24N2O4S. The van der Waals surface area contributed by atoms with Gasteiger partial charge >= 0.3 is 0 Å². The fourth-order valence-corrected chi connectivity index (χ4v) is 3.45. The Morgan fingerprint density at radius 2 is 1.65 bits per heavy atom. The van der Waals surface area contributed by atoms with Crippen LogP contribution >= 0.6 is 0 Å². The summed E-state index contributed by atoms with van der Waals surface area (Å²) in [5.41, 5.74) is 1.52. The Balaban J connectivity index is 1.89. The monoisotopic (exact) mass is 376 g/mol. The first kappa shape index (κ1) is 19.9. The molecule has 26 heavy (non-hydrogen) atoms. The van der Waals surface area contributed by atoms with Crippen molar-refractivity contribution >= 4 is 15.9 Å². The molecule has 0 fully saturated rings. The molecular weight excluding hydrogens is 352 g/mol. The molecule has 0 saturated heterocycles. The number of nitrogens with one attached hydrogen (secondary N) is 2. The highest BCUT2D eigenvalue weighted by atomic mass is 32.2. The number of carbonyl (C=O) groups excluding carboxylic acids is 1. The molecule has 0 aliphatic carbocycles. The Labute approximate surface area is 154 Å². The van der Waals surface area contributed by atoms with E-state index in [0.29, 0.717) is 31.5 Å². The van der Waals surface area contributed by atoms with E-state index in [4.69, 9.17) is 4.74 Å². The van der Waals surface area contributed by atoms with Gasteiger partial charge in [-0.15, -0.1) is 0 Å². The van der Waals surface area contributed by atoms with Crippen molar-refractivity contribution in [2.45, 2.75) is 24.7 Å². The van der Waals surface area contributed by atoms with E-state index in [2.05, 4.69) is 10.0 Å². The smallest absolute Gasteiger partial charge is 0.251 e. The van der Waals surface area contributed by atoms with Gasteiger partial charge in [0.25, 0.3) is 5.91 Å². The molecule has 1 amide bonds. The second-order valence-corrected chi connectivity index (χ2v) is 7.54. The van der Waals surface area contributed by atoms with Gasteiger partial charge in [-0.25, -0.2) is 13.1 Å². The van der Waals surface area contributed by atoms with Crippen molar-refractivity contribution in [1.82, 2.24) is 10.0 Å². The lowest BCUT2D eigenvalue weighted by Gasteiger charge is -2.08. The summed E-state index contributed by atoms with van der Waals surface area (Å²) in [5, 5.41) is 2.83. The van der Waals surface area contributed by atoms with Gasteiger partial charge in [0.15, 0.2) is 0 Å². The van der Waals surface area contributed by atoms with Crippen LogP contribution in [0.3, 0.4) is 0 Å². The third kappa shape index (κ3) is 5.57. The van der Waals surface area contributed by atoms with Crippen molar-refractivity contribution in [3.63, 3.8) is 0 Å². The Bertz CT molecular complexity index is 816. The Hall–Kier alpha value is -2.38. The summed E-state index contributed by atoms with van der Waals surface area (Å²) < 4.78 is 31.7. The van der Waals surface area contributed by atoms with Gasteiger partial charge in [0.1, 0.15) is 5.75 Å². The highest BCUT2D eigenvalue weighted by molar-refractivity contribution is 7.89. The zero-order chi connectivity index (χ0) is 19.0. The van der Waals surface area contributed by atoms with Crippen LogP contribution in [0.4, 0.5) is 0 Å². The van der Waals surface area contributed by atoms with E-state index in [1.807, 2.05) is 31.2 Å². The normalized spacial score (nSPS) is 11.2. The summed E-state index contributed by atoms with van der Waals surface area (Å²) in [7, 11) is -1.90. The van der Waals surface area contributed by atoms with Crippen molar-refractivity contribution in [3.05, 3.63) is 59.7 Å². The highest BCUT2D eigenvalue weighted by Gasteiger charge is 2.14. The third-order valence-corrected chi connectivity index (χ3v) is 5.30. The van der Waals surface area contributed by atoms with E-state index < -0.39 is 10.0 Å². The summed E-state index contributed by atoms with van der Waals surface area (Å²) in [5.74, 6) is 0.560. The molecule has 0 aliphatic heterocycles. The number of hydrogen-bond acceptors (Lipinski definition) is 4. The Morgan fingerprint density at radius 3 is 2.23 bits per heavy atom. The SMILES string of the molecule is CCCNS(=O)(=O)c1ccc(C(=O)NCCc2ccc(OC)cc2)cc1. The van der Waals surface area contributed by atoms with E-state index >= 15 is 0 Å². The maximum Gasteiger partial charge on any atom is 0.251 e. The molecule has 7 heteroatoms. The molecule has 0 aromatic heterocycles. The lowest BCUT2D eigenvalue weighted by molar-refractivity contribution is 0.0954. The molecule has 2 rings (SSSR count). The largest absolute Gasteiger partial charge is 0.497 e. The van der Waals surface area contributed by atoms with Gasteiger partial charge in [0.05, 0.1) is 12.0 Å². The molecule has 0 heterocycles. The number of amides is 1. The first-order chi connectivity index (χ1) is 12.5. The molecule has 140 valence electrons. The molecule has 2 aromatic rings. The van der Waals surface area contributed by atoms with Gasteiger partial charge in [0.2, 0.25) is 10.0 Å². The van der Waals surface area contributed by atoms with Gasteiger partial charge in [-0.3, -0.25) is 4.79 Å². The van der Waals surface area contributed by atoms with Crippen LogP contribution in [0.2, 0.25) is 0 Å². The minimum absolute atomic E-state index is 0.153. The lowest BCUT2D eigenvalue weighted by atomic mass is 10.1. The number of rotatable bonds is 9. The average Bonchev–Trinajstić information content (AvgIpc) is 2.67. The van der Waals surface area contributed by atoms with Crippen LogP contribution in [0.15, 0.2) is 53.4 Å². The number of ether oxygens (including phenoxy) is 1. The zero-order valence-corrected chi connectivity index (χ0v) is 15.8. The van der Waals surface area contributed by atoms with Crippen LogP contribution in [-0.4, -0.2) is 34.5 Å². The van der Waals surface area contributed by atoms with Crippen molar-refractivity contribution in [2.24, 2.45) is 0 Å². The van der Waals surface area contributed by atoms with Crippen LogP contribution in [0, 0.1) is 0 Å². The molecule has 0 unspecified atom stereocenters. The average molecular weight is 376 g/mol. The van der Waals surface area contributed by atoms with Crippen LogP contribution in [0.25, 0.3) is 0 Å². The quantitative estimate of drug-likeness (QED) is 0.704. The zero-order valence-electron chi connectivity index (χ0n) is 15.0. The van der Waals surface area contributed by atoms with E-state index in [9.17, 15) is 13.2 Å². The second kappa shape index (κ2) is 9.35. The molecule has 0 aliphatic rings. The molecule has 2 aromatic carbocycles. The predicted octanol–water partition coefficient (Wildman–Crippen LogP) is 2.36. The van der Waals surface area contributed by atoms with E-state index in [0.717, 1.165) is 11.3 Å². The molecule has 2 N–H and O–H groups in total. The molecule has 6 nitrogen and oxygen atoms in total. The van der Waals surface area contributed by atoms with Gasteiger partial charge < -0.3 is 10.1 Å². The first-order valence-electron chi connectivity index (χ1n) is 8.47. The van der Waals surface area contributed by atoms with Crippen LogP contribution in [-0.2, 0) is 16.4 Å². The molecule has 0 radical (unpaired) electrons. The minimum Gasteiger partial charge on any atom is -0.497 e. The summed E-state index contributed by atoms with van der Waals surface area (Å²) in [6, 6.07) is 13.6. The molecule has 0 saturated carbocycles. The van der Waals surface area contributed by atoms with Gasteiger partial charge in [-0.2, -0.15) is 0 Å². The second-order valence-electron chi connectivity index (χ2n) is 5.78. The standard InChI is InChI=1S/C19H24N2O4S/c1-3-13-21-26(23,24)18-10-6-16(7-11-18)19(22)20-14-12-15-4-8-17(25-2)9-5-15/h4-11,21H,3,12-14H2,1-2H3,(H,20,22). The number of methoxy groups -OCH3 is 1. The number of benzene rings is 2. The van der Waals surface area contributed by atoms with Crippen molar-refractivity contribution in [1.29, 1.82) is 0 Å². The fraction of sp³-hybridized carbons (Fsp3) is 0.316. The van der Waals surface area contributed by atoms with Gasteiger partial charge in [0, 0.05) is 18.7 Å². The highest BCUT2D eigenvalue weighted by Crippen LogP contribution is 2.12. The third-order valence-electron chi connectivity index (χ3n) is 3.83. The maximum atomic E-state index is 12.2. The topological polar surface area (TPSA) is 84.5 Å². The van der Waals surface area contributed by atoms with Crippen LogP contribution < -0.4 is 14.8 Å². The Morgan fingerprint density at radius 1 is 1.00 bits per heavy atom. The molecule has 0 bridgehead atoms. The molecule has 0 spiro atoms. The van der Waals surface area contributed by atoms with E-state index in [1.54, 1.807) is 7.11 Å². The van der Waals surface area contributed by atoms with Crippen molar-refractivity contribution in [2.75, 3.05) is 20.2 Å². The minimum atomic E-state index is -3.52. The van der Waals surface area contributed by atoms with Gasteiger partial charge in [-0.1, -0.05) is 19.1 Å². The summed E-state index contributed by atoms with van der Waals surface area (Å²) in [4.78, 5) is 12.3. The van der Waals surface area contributed by atoms with Crippen LogP contribution in [0.5, 0.6) is 5.75 Å². The lowest BCUT2D eigenvalue weighted by Crippen LogP contribution is -2.26. The van der Waals surface area contributed by atoms with Crippen molar-refractivity contribution in [3.8, 4) is 5.75 Å². The number of hydrogen-bond donors (Lipinski definition) is 2. The number of sulfonamides is 1. The molecule has 0 atom stereocenters. The predicted molar refractivity (Wildman–Crippen MR) is 101 cm³/mol. The summed E-state index contributed by atoms with van der Waals surface area (Å²) in [6.45, 7) is 2.76. The van der Waals surface area contributed by atoms with E-state index in [-0.39, 0.29) is 10.8 Å². The fourth-order valence-electron chi connectivity index (χ4n) is 2.32. The van der Waals surface area contributed by atoms with E-state index in [1.165, 1.54) is 24.3 Å². The van der Waals surface area contributed by atoms with Crippen LogP contribution in [0.1, 0.15) is 29.3 Å². The van der Waals surface area contributed by atoms with Crippen molar-refractivity contribution < 1.29 is 17.9 Å². The number of carbonyl (C=O) groups is 1. The Kier molecular flexibility index (Phi) is 7.17. The summed E-state index contributed by atoms with van der Waals surface area (Å²) in [6.07, 6.45) is 1.41. The first-order valence-corrected chi connectivity index (χ1v) is 9.95. The summed E-state index contributed by atoms with van der Waals surface area (Å²) >= 11 is 0. The van der Waals surface area contributed by atoms with Gasteiger partial charge in [-0.05, 0) is 54.8 Å².